The number of benzene rings is 1. The fraction of sp³-hybridized carbons (Fsp3) is 0.294. The minimum Gasteiger partial charge on any atom is -0.275 e. The minimum absolute atomic E-state index is 0.0485. The number of para-hydroxylation sites is 1. The molecule has 0 bridgehead atoms. The van der Waals surface area contributed by atoms with Crippen LogP contribution >= 0.6 is 0 Å². The molecule has 3 nitrogen and oxygen atoms in total. The van der Waals surface area contributed by atoms with E-state index >= 15 is 0 Å². The molecule has 1 aromatic carbocycles. The second-order valence-corrected chi connectivity index (χ2v) is 5.82. The maximum Gasteiger partial charge on any atom is 0.184 e. The van der Waals surface area contributed by atoms with Crippen molar-refractivity contribution in [3.63, 3.8) is 0 Å². The van der Waals surface area contributed by atoms with Crippen LogP contribution in [-0.4, -0.2) is 4.98 Å². The Morgan fingerprint density at radius 1 is 1.10 bits per heavy atom. The third-order valence-electron chi connectivity index (χ3n) is 3.12. The molecule has 0 amide bonds. The lowest BCUT2D eigenvalue weighted by molar-refractivity contribution is 0.568. The topological polar surface area (TPSA) is 39.9 Å². The first kappa shape index (κ1) is 14.1. The van der Waals surface area contributed by atoms with E-state index in [9.17, 15) is 5.26 Å². The number of aromatic nitrogens is 1. The molecule has 3 heteroatoms. The predicted molar refractivity (Wildman–Crippen MR) is 81.2 cm³/mol. The Balaban J connectivity index is 2.15. The Morgan fingerprint density at radius 2 is 1.80 bits per heavy atom. The fourth-order valence-electron chi connectivity index (χ4n) is 1.94. The van der Waals surface area contributed by atoms with Crippen molar-refractivity contribution in [3.8, 4) is 6.19 Å². The van der Waals surface area contributed by atoms with Crippen LogP contribution in [0.3, 0.4) is 0 Å². The lowest BCUT2D eigenvalue weighted by atomic mass is 9.91. The molecule has 0 saturated heterocycles. The summed E-state index contributed by atoms with van der Waals surface area (Å²) in [5, 5.41) is 9.28. The molecule has 0 radical (unpaired) electrons. The van der Waals surface area contributed by atoms with E-state index in [0.717, 1.165) is 16.9 Å². The quantitative estimate of drug-likeness (QED) is 0.625. The van der Waals surface area contributed by atoms with Gasteiger partial charge in [-0.25, -0.2) is 0 Å². The lowest BCUT2D eigenvalue weighted by Crippen LogP contribution is -2.17. The first-order valence-electron chi connectivity index (χ1n) is 6.68. The fourth-order valence-corrected chi connectivity index (χ4v) is 1.94. The van der Waals surface area contributed by atoms with Crippen molar-refractivity contribution >= 4 is 5.69 Å². The highest BCUT2D eigenvalue weighted by Gasteiger charge is 2.15. The van der Waals surface area contributed by atoms with Gasteiger partial charge in [0.2, 0.25) is 0 Å². The van der Waals surface area contributed by atoms with E-state index in [1.165, 1.54) is 0 Å². The zero-order valence-electron chi connectivity index (χ0n) is 12.2. The van der Waals surface area contributed by atoms with Crippen LogP contribution in [0.25, 0.3) is 0 Å². The van der Waals surface area contributed by atoms with Crippen molar-refractivity contribution < 1.29 is 0 Å². The molecule has 0 aliphatic rings. The summed E-state index contributed by atoms with van der Waals surface area (Å²) in [5.74, 6) is 0. The Hall–Kier alpha value is -2.34. The van der Waals surface area contributed by atoms with Crippen LogP contribution in [-0.2, 0) is 12.0 Å². The van der Waals surface area contributed by atoms with Gasteiger partial charge in [-0.15, -0.1) is 0 Å². The number of pyridine rings is 1. The van der Waals surface area contributed by atoms with Crippen LogP contribution in [0, 0.1) is 11.5 Å². The molecule has 102 valence electrons. The highest BCUT2D eigenvalue weighted by Crippen LogP contribution is 2.21. The standard InChI is InChI=1S/C17H19N3/c1-17(2,3)16-10-9-14(11-19-16)12-20(13-18)15-7-5-4-6-8-15/h4-11H,12H2,1-3H3. The second-order valence-electron chi connectivity index (χ2n) is 5.82. The Kier molecular flexibility index (Phi) is 4.05. The number of nitrogens with zero attached hydrogens (tertiary/aromatic N) is 3. The molecule has 0 aliphatic heterocycles. The average Bonchev–Trinajstić information content (AvgIpc) is 2.45. The van der Waals surface area contributed by atoms with Crippen LogP contribution in [0.15, 0.2) is 48.7 Å². The number of rotatable bonds is 3. The summed E-state index contributed by atoms with van der Waals surface area (Å²) in [5.41, 5.74) is 3.04. The van der Waals surface area contributed by atoms with Gasteiger partial charge in [-0.2, -0.15) is 5.26 Å². The molecule has 2 rings (SSSR count). The van der Waals surface area contributed by atoms with Crippen LogP contribution in [0.4, 0.5) is 5.69 Å². The summed E-state index contributed by atoms with van der Waals surface area (Å²) in [4.78, 5) is 6.16. The summed E-state index contributed by atoms with van der Waals surface area (Å²) in [7, 11) is 0. The number of nitriles is 1. The van der Waals surface area contributed by atoms with Crippen molar-refractivity contribution in [2.45, 2.75) is 32.7 Å². The van der Waals surface area contributed by atoms with E-state index in [4.69, 9.17) is 0 Å². The Morgan fingerprint density at radius 3 is 2.30 bits per heavy atom. The molecule has 0 atom stereocenters. The number of hydrogen-bond acceptors (Lipinski definition) is 3. The van der Waals surface area contributed by atoms with E-state index in [1.807, 2.05) is 48.7 Å². The zero-order valence-corrected chi connectivity index (χ0v) is 12.2. The summed E-state index contributed by atoms with van der Waals surface area (Å²) in [6.45, 7) is 6.96. The molecule has 1 aromatic heterocycles. The van der Waals surface area contributed by atoms with Gasteiger partial charge in [0, 0.05) is 17.3 Å². The monoisotopic (exact) mass is 265 g/mol. The highest BCUT2D eigenvalue weighted by molar-refractivity contribution is 5.50. The van der Waals surface area contributed by atoms with Crippen LogP contribution < -0.4 is 4.90 Å². The summed E-state index contributed by atoms with van der Waals surface area (Å²) < 4.78 is 0. The van der Waals surface area contributed by atoms with Gasteiger partial charge in [-0.1, -0.05) is 45.0 Å². The van der Waals surface area contributed by atoms with E-state index < -0.39 is 0 Å². The van der Waals surface area contributed by atoms with Crippen molar-refractivity contribution in [2.75, 3.05) is 4.90 Å². The van der Waals surface area contributed by atoms with Gasteiger partial charge >= 0.3 is 0 Å². The van der Waals surface area contributed by atoms with E-state index in [2.05, 4.69) is 31.9 Å². The molecule has 0 saturated carbocycles. The van der Waals surface area contributed by atoms with Crippen molar-refractivity contribution in [1.82, 2.24) is 4.98 Å². The van der Waals surface area contributed by atoms with Gasteiger partial charge in [0.05, 0.1) is 12.2 Å². The van der Waals surface area contributed by atoms with E-state index in [1.54, 1.807) is 4.90 Å². The van der Waals surface area contributed by atoms with Gasteiger partial charge in [0.15, 0.2) is 6.19 Å². The van der Waals surface area contributed by atoms with Crippen molar-refractivity contribution in [3.05, 3.63) is 59.9 Å². The largest absolute Gasteiger partial charge is 0.275 e. The number of hydrogen-bond donors (Lipinski definition) is 0. The molecule has 0 aliphatic carbocycles. The third kappa shape index (κ3) is 3.36. The van der Waals surface area contributed by atoms with E-state index in [-0.39, 0.29) is 5.41 Å². The molecule has 0 N–H and O–H groups in total. The maximum absolute atomic E-state index is 9.28. The van der Waals surface area contributed by atoms with Crippen molar-refractivity contribution in [2.24, 2.45) is 0 Å². The normalized spacial score (nSPS) is 10.9. The van der Waals surface area contributed by atoms with E-state index in [0.29, 0.717) is 6.54 Å². The molecular weight excluding hydrogens is 246 g/mol. The summed E-state index contributed by atoms with van der Waals surface area (Å²) >= 11 is 0. The smallest absolute Gasteiger partial charge is 0.184 e. The summed E-state index contributed by atoms with van der Waals surface area (Å²) in [6, 6.07) is 13.7. The SMILES string of the molecule is CC(C)(C)c1ccc(CN(C#N)c2ccccc2)cn1. The van der Waals surface area contributed by atoms with Crippen LogP contribution in [0.1, 0.15) is 32.0 Å². The minimum atomic E-state index is 0.0485. The zero-order chi connectivity index (χ0) is 14.6. The van der Waals surface area contributed by atoms with Gasteiger partial charge in [-0.05, 0) is 23.8 Å². The first-order chi connectivity index (χ1) is 9.50. The van der Waals surface area contributed by atoms with Gasteiger partial charge in [0.1, 0.15) is 0 Å². The summed E-state index contributed by atoms with van der Waals surface area (Å²) in [6.07, 6.45) is 4.07. The maximum atomic E-state index is 9.28. The molecule has 2 aromatic rings. The third-order valence-corrected chi connectivity index (χ3v) is 3.12. The Labute approximate surface area is 120 Å². The van der Waals surface area contributed by atoms with Gasteiger partial charge in [-0.3, -0.25) is 9.88 Å². The molecule has 0 spiro atoms. The number of anilines is 1. The van der Waals surface area contributed by atoms with Crippen molar-refractivity contribution in [1.29, 1.82) is 5.26 Å². The lowest BCUT2D eigenvalue weighted by Gasteiger charge is -2.19. The van der Waals surface area contributed by atoms with Gasteiger partial charge < -0.3 is 0 Å². The average molecular weight is 265 g/mol. The molecule has 0 fully saturated rings. The Bertz CT molecular complexity index is 589. The second kappa shape index (κ2) is 5.75. The predicted octanol–water partition coefficient (Wildman–Crippen LogP) is 3.87. The molecule has 20 heavy (non-hydrogen) atoms. The molecular formula is C17H19N3. The molecule has 1 heterocycles. The molecule has 0 unspecified atom stereocenters. The first-order valence-corrected chi connectivity index (χ1v) is 6.68. The van der Waals surface area contributed by atoms with Gasteiger partial charge in [0.25, 0.3) is 0 Å². The highest BCUT2D eigenvalue weighted by atomic mass is 15.1. The van der Waals surface area contributed by atoms with Crippen LogP contribution in [0.2, 0.25) is 0 Å². The van der Waals surface area contributed by atoms with Crippen LogP contribution in [0.5, 0.6) is 0 Å².